The van der Waals surface area contributed by atoms with Gasteiger partial charge in [0.15, 0.2) is 6.61 Å². The van der Waals surface area contributed by atoms with Gasteiger partial charge < -0.3 is 9.64 Å². The van der Waals surface area contributed by atoms with Crippen LogP contribution in [-0.4, -0.2) is 35.8 Å². The van der Waals surface area contributed by atoms with Crippen molar-refractivity contribution in [2.24, 2.45) is 5.92 Å². The van der Waals surface area contributed by atoms with E-state index in [2.05, 4.69) is 10.9 Å². The van der Waals surface area contributed by atoms with E-state index in [1.165, 1.54) is 0 Å². The molecule has 2 aromatic rings. The Labute approximate surface area is 170 Å². The second-order valence-electron chi connectivity index (χ2n) is 7.31. The fourth-order valence-electron chi connectivity index (χ4n) is 3.34. The molecule has 7 nitrogen and oxygen atoms in total. The van der Waals surface area contributed by atoms with Crippen molar-refractivity contribution in [3.05, 3.63) is 65.2 Å². The number of hydrazine groups is 1. The summed E-state index contributed by atoms with van der Waals surface area (Å²) in [6.45, 7) is 4.48. The third-order valence-electron chi connectivity index (χ3n) is 4.69. The number of carbonyl (C=O) groups excluding carboxylic acids is 3. The summed E-state index contributed by atoms with van der Waals surface area (Å²) in [5.74, 6) is -0.816. The van der Waals surface area contributed by atoms with Gasteiger partial charge in [-0.25, -0.2) is 0 Å². The Balaban J connectivity index is 1.43. The van der Waals surface area contributed by atoms with Gasteiger partial charge in [0.2, 0.25) is 11.8 Å². The lowest BCUT2D eigenvalue weighted by Gasteiger charge is -2.16. The minimum atomic E-state index is -0.494. The van der Waals surface area contributed by atoms with E-state index in [9.17, 15) is 14.4 Å². The number of aryl methyl sites for hydroxylation is 2. The number of nitrogens with one attached hydrogen (secondary N) is 2. The van der Waals surface area contributed by atoms with Gasteiger partial charge in [0, 0.05) is 19.5 Å². The summed E-state index contributed by atoms with van der Waals surface area (Å²) in [4.78, 5) is 38.1. The summed E-state index contributed by atoms with van der Waals surface area (Å²) in [7, 11) is 0. The SMILES string of the molecule is Cc1cc(C)cc(OCC(=O)NNC(=O)C2CC(=O)N(Cc3ccccc3)C2)c1. The highest BCUT2D eigenvalue weighted by atomic mass is 16.5. The maximum atomic E-state index is 12.3. The van der Waals surface area contributed by atoms with Crippen LogP contribution in [-0.2, 0) is 20.9 Å². The van der Waals surface area contributed by atoms with Crippen LogP contribution in [0.25, 0.3) is 0 Å². The topological polar surface area (TPSA) is 87.7 Å². The van der Waals surface area contributed by atoms with Crippen LogP contribution in [0.5, 0.6) is 5.75 Å². The summed E-state index contributed by atoms with van der Waals surface area (Å²) < 4.78 is 5.46. The predicted molar refractivity (Wildman–Crippen MR) is 108 cm³/mol. The minimum absolute atomic E-state index is 0.0709. The van der Waals surface area contributed by atoms with Crippen LogP contribution < -0.4 is 15.6 Å². The van der Waals surface area contributed by atoms with Crippen LogP contribution in [0.3, 0.4) is 0 Å². The Hall–Kier alpha value is -3.35. The van der Waals surface area contributed by atoms with Crippen LogP contribution in [0.1, 0.15) is 23.1 Å². The predicted octanol–water partition coefficient (Wildman–Crippen LogP) is 1.88. The fourth-order valence-corrected chi connectivity index (χ4v) is 3.34. The van der Waals surface area contributed by atoms with Crippen molar-refractivity contribution < 1.29 is 19.1 Å². The molecule has 1 fully saturated rings. The molecular formula is C22H25N3O4. The van der Waals surface area contributed by atoms with Gasteiger partial charge in [-0.15, -0.1) is 0 Å². The zero-order chi connectivity index (χ0) is 20.8. The first-order valence-electron chi connectivity index (χ1n) is 9.52. The second-order valence-corrected chi connectivity index (χ2v) is 7.31. The average Bonchev–Trinajstić information content (AvgIpc) is 3.05. The molecule has 1 unspecified atom stereocenters. The van der Waals surface area contributed by atoms with Gasteiger partial charge in [-0.2, -0.15) is 0 Å². The Kier molecular flexibility index (Phi) is 6.49. The number of rotatable bonds is 6. The zero-order valence-electron chi connectivity index (χ0n) is 16.6. The molecular weight excluding hydrogens is 370 g/mol. The number of amides is 3. The number of benzene rings is 2. The fraction of sp³-hybridized carbons (Fsp3) is 0.318. The molecule has 3 amide bonds. The molecule has 0 saturated carbocycles. The van der Waals surface area contributed by atoms with Crippen LogP contribution in [0.4, 0.5) is 0 Å². The van der Waals surface area contributed by atoms with E-state index in [1.54, 1.807) is 4.90 Å². The van der Waals surface area contributed by atoms with Crippen molar-refractivity contribution in [1.29, 1.82) is 0 Å². The summed E-state index contributed by atoms with van der Waals surface area (Å²) in [6, 6.07) is 15.3. The van der Waals surface area contributed by atoms with Gasteiger partial charge in [-0.05, 0) is 42.7 Å². The largest absolute Gasteiger partial charge is 0.484 e. The van der Waals surface area contributed by atoms with E-state index in [-0.39, 0.29) is 24.8 Å². The Bertz CT molecular complexity index is 878. The van der Waals surface area contributed by atoms with Gasteiger partial charge in [-0.3, -0.25) is 25.2 Å². The molecule has 0 spiro atoms. The van der Waals surface area contributed by atoms with Crippen molar-refractivity contribution in [3.63, 3.8) is 0 Å². The molecule has 0 aliphatic carbocycles. The summed E-state index contributed by atoms with van der Waals surface area (Å²) in [5.41, 5.74) is 7.83. The van der Waals surface area contributed by atoms with Crippen molar-refractivity contribution in [3.8, 4) is 5.75 Å². The third kappa shape index (κ3) is 5.81. The van der Waals surface area contributed by atoms with Crippen molar-refractivity contribution >= 4 is 17.7 Å². The first-order valence-corrected chi connectivity index (χ1v) is 9.52. The van der Waals surface area contributed by atoms with Gasteiger partial charge in [0.05, 0.1) is 5.92 Å². The van der Waals surface area contributed by atoms with E-state index in [0.717, 1.165) is 16.7 Å². The molecule has 29 heavy (non-hydrogen) atoms. The first kappa shape index (κ1) is 20.4. The normalized spacial score (nSPS) is 15.9. The van der Waals surface area contributed by atoms with Crippen LogP contribution in [0.2, 0.25) is 0 Å². The molecule has 2 N–H and O–H groups in total. The molecule has 1 atom stereocenters. The molecule has 7 heteroatoms. The van der Waals surface area contributed by atoms with Gasteiger partial charge in [0.1, 0.15) is 5.75 Å². The van der Waals surface area contributed by atoms with E-state index in [0.29, 0.717) is 18.8 Å². The number of likely N-dealkylation sites (tertiary alicyclic amines) is 1. The highest BCUT2D eigenvalue weighted by Gasteiger charge is 2.34. The highest BCUT2D eigenvalue weighted by Crippen LogP contribution is 2.20. The molecule has 2 aromatic carbocycles. The standard InChI is InChI=1S/C22H25N3O4/c1-15-8-16(2)10-19(9-15)29-14-20(26)23-24-22(28)18-11-21(27)25(13-18)12-17-6-4-3-5-7-17/h3-10,18H,11-14H2,1-2H3,(H,23,26)(H,24,28). The summed E-state index contributed by atoms with van der Waals surface area (Å²) in [5, 5.41) is 0. The lowest BCUT2D eigenvalue weighted by Crippen LogP contribution is -2.46. The van der Waals surface area contributed by atoms with Crippen molar-refractivity contribution in [2.75, 3.05) is 13.2 Å². The number of hydrogen-bond acceptors (Lipinski definition) is 4. The quantitative estimate of drug-likeness (QED) is 0.731. The maximum Gasteiger partial charge on any atom is 0.276 e. The van der Waals surface area contributed by atoms with Crippen molar-refractivity contribution in [1.82, 2.24) is 15.8 Å². The Morgan fingerprint density at radius 2 is 1.76 bits per heavy atom. The average molecular weight is 395 g/mol. The molecule has 1 aliphatic heterocycles. The van der Waals surface area contributed by atoms with Crippen LogP contribution in [0, 0.1) is 19.8 Å². The lowest BCUT2D eigenvalue weighted by molar-refractivity contribution is -0.132. The van der Waals surface area contributed by atoms with E-state index < -0.39 is 11.8 Å². The minimum Gasteiger partial charge on any atom is -0.484 e. The number of carbonyl (C=O) groups is 3. The van der Waals surface area contributed by atoms with E-state index >= 15 is 0 Å². The van der Waals surface area contributed by atoms with E-state index in [4.69, 9.17) is 4.74 Å². The van der Waals surface area contributed by atoms with Crippen molar-refractivity contribution in [2.45, 2.75) is 26.8 Å². The molecule has 1 aliphatic rings. The number of hydrogen-bond donors (Lipinski definition) is 2. The van der Waals surface area contributed by atoms with Gasteiger partial charge in [-0.1, -0.05) is 36.4 Å². The zero-order valence-corrected chi connectivity index (χ0v) is 16.6. The summed E-state index contributed by atoms with van der Waals surface area (Å²) >= 11 is 0. The van der Waals surface area contributed by atoms with Gasteiger partial charge in [0.25, 0.3) is 5.91 Å². The molecule has 1 saturated heterocycles. The monoisotopic (exact) mass is 395 g/mol. The van der Waals surface area contributed by atoms with E-state index in [1.807, 2.05) is 62.4 Å². The number of nitrogens with zero attached hydrogens (tertiary/aromatic N) is 1. The van der Waals surface area contributed by atoms with Crippen LogP contribution in [0.15, 0.2) is 48.5 Å². The smallest absolute Gasteiger partial charge is 0.276 e. The Morgan fingerprint density at radius 3 is 2.45 bits per heavy atom. The molecule has 152 valence electrons. The third-order valence-corrected chi connectivity index (χ3v) is 4.69. The molecule has 1 heterocycles. The lowest BCUT2D eigenvalue weighted by atomic mass is 10.1. The summed E-state index contributed by atoms with van der Waals surface area (Å²) in [6.07, 6.45) is 0.133. The Morgan fingerprint density at radius 1 is 1.07 bits per heavy atom. The first-order chi connectivity index (χ1) is 13.9. The molecule has 0 radical (unpaired) electrons. The highest BCUT2D eigenvalue weighted by molar-refractivity contribution is 5.90. The maximum absolute atomic E-state index is 12.3. The second kappa shape index (κ2) is 9.23. The molecule has 0 bridgehead atoms. The molecule has 3 rings (SSSR count). The van der Waals surface area contributed by atoms with Crippen LogP contribution >= 0.6 is 0 Å². The van der Waals surface area contributed by atoms with Gasteiger partial charge >= 0.3 is 0 Å². The molecule has 0 aromatic heterocycles. The number of ether oxygens (including phenoxy) is 1.